The van der Waals surface area contributed by atoms with Gasteiger partial charge in [0.15, 0.2) is 0 Å². The summed E-state index contributed by atoms with van der Waals surface area (Å²) in [7, 11) is 3.18. The van der Waals surface area contributed by atoms with E-state index in [0.29, 0.717) is 47.5 Å². The average Bonchev–Trinajstić information content (AvgIpc) is 2.97. The van der Waals surface area contributed by atoms with Crippen molar-refractivity contribution in [2.24, 2.45) is 0 Å². The molecule has 8 nitrogen and oxygen atoms in total. The van der Waals surface area contributed by atoms with E-state index in [1.807, 2.05) is 48.5 Å². The molecule has 1 saturated heterocycles. The summed E-state index contributed by atoms with van der Waals surface area (Å²) < 4.78 is 16.8. The van der Waals surface area contributed by atoms with Crippen LogP contribution in [0.1, 0.15) is 35.2 Å². The van der Waals surface area contributed by atoms with E-state index in [-0.39, 0.29) is 17.7 Å². The number of carbonyl (C=O) groups is 2. The van der Waals surface area contributed by atoms with Gasteiger partial charge in [0.05, 0.1) is 29.4 Å². The number of carboxylic acid groups (broad SMARTS) is 1. The fourth-order valence-corrected chi connectivity index (χ4v) is 4.78. The number of anilines is 1. The highest BCUT2D eigenvalue weighted by Gasteiger charge is 2.27. The number of piperidine rings is 1. The predicted octanol–water partition coefficient (Wildman–Crippen LogP) is 6.18. The molecule has 0 aromatic heterocycles. The average molecular weight is 549 g/mol. The van der Waals surface area contributed by atoms with Gasteiger partial charge in [-0.1, -0.05) is 36.5 Å². The number of carboxylic acids is 1. The maximum absolute atomic E-state index is 12.0. The predicted molar refractivity (Wildman–Crippen MR) is 153 cm³/mol. The Bertz CT molecular complexity index is 1300. The third kappa shape index (κ3) is 7.26. The van der Waals surface area contributed by atoms with Crippen molar-refractivity contribution in [1.29, 1.82) is 0 Å². The van der Waals surface area contributed by atoms with Gasteiger partial charge < -0.3 is 29.1 Å². The number of aromatic carboxylic acids is 1. The number of likely N-dealkylation sites (tertiary alicyclic amines) is 1. The van der Waals surface area contributed by atoms with Crippen LogP contribution in [0.5, 0.6) is 17.2 Å². The van der Waals surface area contributed by atoms with Crippen LogP contribution in [0.2, 0.25) is 0 Å². The van der Waals surface area contributed by atoms with Gasteiger partial charge in [-0.05, 0) is 73.4 Å². The van der Waals surface area contributed by atoms with Crippen molar-refractivity contribution in [3.8, 4) is 17.2 Å². The van der Waals surface area contributed by atoms with Gasteiger partial charge in [0.25, 0.3) is 0 Å². The molecular formula is C30H32N2O6S. The lowest BCUT2D eigenvalue weighted by atomic mass is 10.0. The zero-order valence-electron chi connectivity index (χ0n) is 22.0. The molecule has 204 valence electrons. The van der Waals surface area contributed by atoms with Crippen molar-refractivity contribution in [2.45, 2.75) is 31.7 Å². The van der Waals surface area contributed by atoms with Gasteiger partial charge in [0, 0.05) is 20.0 Å². The third-order valence-electron chi connectivity index (χ3n) is 6.69. The van der Waals surface area contributed by atoms with Gasteiger partial charge in [-0.3, -0.25) is 0 Å². The van der Waals surface area contributed by atoms with Crippen LogP contribution in [0.25, 0.3) is 0 Å². The molecule has 0 bridgehead atoms. The highest BCUT2D eigenvalue weighted by molar-refractivity contribution is 7.80. The zero-order chi connectivity index (χ0) is 27.8. The van der Waals surface area contributed by atoms with Crippen LogP contribution in [0.3, 0.4) is 0 Å². The molecule has 1 heterocycles. The second-order valence-corrected chi connectivity index (χ2v) is 9.76. The van der Waals surface area contributed by atoms with E-state index >= 15 is 0 Å². The van der Waals surface area contributed by atoms with E-state index < -0.39 is 5.97 Å². The second-order valence-electron chi connectivity index (χ2n) is 9.29. The summed E-state index contributed by atoms with van der Waals surface area (Å²) in [5.41, 5.74) is 1.75. The molecule has 9 heteroatoms. The van der Waals surface area contributed by atoms with Gasteiger partial charge in [0.1, 0.15) is 23.9 Å². The molecule has 1 amide bonds. The number of likely N-dealkylation sites (N-methyl/N-ethyl adjacent to an activating group) is 1. The number of ether oxygens (including phenoxy) is 3. The molecule has 3 aromatic rings. The van der Waals surface area contributed by atoms with Crippen molar-refractivity contribution >= 4 is 35.0 Å². The van der Waals surface area contributed by atoms with E-state index in [0.717, 1.165) is 24.8 Å². The Kier molecular flexibility index (Phi) is 9.38. The number of hydrogen-bond donors (Lipinski definition) is 1. The fraction of sp³-hybridized carbons (Fsp3) is 0.300. The number of nitrogens with zero attached hydrogens (tertiary/aromatic N) is 2. The Balaban J connectivity index is 1.30. The molecule has 3 aromatic carbocycles. The van der Waals surface area contributed by atoms with E-state index in [9.17, 15) is 14.7 Å². The Labute approximate surface area is 233 Å². The number of amides is 1. The van der Waals surface area contributed by atoms with Crippen LogP contribution >= 0.6 is 12.2 Å². The molecule has 0 radical (unpaired) electrons. The first-order chi connectivity index (χ1) is 18.9. The molecule has 1 unspecified atom stereocenters. The second kappa shape index (κ2) is 13.1. The molecule has 0 aliphatic carbocycles. The van der Waals surface area contributed by atoms with Crippen LogP contribution in [0.15, 0.2) is 72.8 Å². The molecule has 0 saturated carbocycles. The van der Waals surface area contributed by atoms with Gasteiger partial charge in [-0.15, -0.1) is 0 Å². The molecule has 1 aliphatic rings. The third-order valence-corrected chi connectivity index (χ3v) is 7.10. The molecule has 1 atom stereocenters. The quantitative estimate of drug-likeness (QED) is 0.317. The summed E-state index contributed by atoms with van der Waals surface area (Å²) in [6.07, 6.45) is 3.11. The number of rotatable bonds is 9. The fourth-order valence-electron chi connectivity index (χ4n) is 4.51. The number of benzene rings is 3. The van der Waals surface area contributed by atoms with Crippen molar-refractivity contribution in [3.63, 3.8) is 0 Å². The molecule has 39 heavy (non-hydrogen) atoms. The van der Waals surface area contributed by atoms with Crippen molar-refractivity contribution in [2.75, 3.05) is 32.2 Å². The molecule has 1 aliphatic heterocycles. The monoisotopic (exact) mass is 548 g/mol. The summed E-state index contributed by atoms with van der Waals surface area (Å²) in [4.78, 5) is 27.6. The molecule has 4 rings (SSSR count). The van der Waals surface area contributed by atoms with E-state index in [4.69, 9.17) is 26.4 Å². The first-order valence-corrected chi connectivity index (χ1v) is 13.2. The first-order valence-electron chi connectivity index (χ1n) is 12.8. The highest BCUT2D eigenvalue weighted by Crippen LogP contribution is 2.26. The van der Waals surface area contributed by atoms with Gasteiger partial charge >= 0.3 is 12.1 Å². The molecule has 1 N–H and O–H groups in total. The zero-order valence-corrected chi connectivity index (χ0v) is 22.9. The standard InChI is InChI=1S/C30H32N2O6S/c1-31(27-9-4-3-8-26(27)29(33)34)28(39)19-21-10-12-24(13-11-21)38-25-16-14-23(15-17-25)37-20-22-7-5-6-18-32(22)30(35)36-2/h3-4,8-17,22H,5-7,18-20H2,1-2H3,(H,33,34). The van der Waals surface area contributed by atoms with Gasteiger partial charge in [0.2, 0.25) is 0 Å². The number of para-hydroxylation sites is 1. The molecule has 0 spiro atoms. The number of thiocarbonyl (C=S) groups is 1. The van der Waals surface area contributed by atoms with Crippen molar-refractivity contribution in [3.05, 3.63) is 83.9 Å². The molecular weight excluding hydrogens is 516 g/mol. The maximum Gasteiger partial charge on any atom is 0.409 e. The minimum absolute atomic E-state index is 0.000207. The Hall–Kier alpha value is -4.11. The van der Waals surface area contributed by atoms with E-state index in [1.54, 1.807) is 41.1 Å². The Morgan fingerprint density at radius 1 is 0.974 bits per heavy atom. The van der Waals surface area contributed by atoms with Gasteiger partial charge in [-0.2, -0.15) is 0 Å². The SMILES string of the molecule is COC(=O)N1CCCCC1COc1ccc(Oc2ccc(CC(=S)N(C)c3ccccc3C(=O)O)cc2)cc1. The topological polar surface area (TPSA) is 88.5 Å². The largest absolute Gasteiger partial charge is 0.491 e. The molecule has 1 fully saturated rings. The number of hydrogen-bond acceptors (Lipinski definition) is 6. The number of methoxy groups -OCH3 is 1. The maximum atomic E-state index is 12.0. The highest BCUT2D eigenvalue weighted by atomic mass is 32.1. The Morgan fingerprint density at radius 3 is 2.28 bits per heavy atom. The van der Waals surface area contributed by atoms with Crippen LogP contribution in [0, 0.1) is 0 Å². The lowest BCUT2D eigenvalue weighted by Crippen LogP contribution is -2.46. The summed E-state index contributed by atoms with van der Waals surface area (Å²) in [6.45, 7) is 1.10. The van der Waals surface area contributed by atoms with Gasteiger partial charge in [-0.25, -0.2) is 9.59 Å². The van der Waals surface area contributed by atoms with E-state index in [2.05, 4.69) is 0 Å². The lowest BCUT2D eigenvalue weighted by molar-refractivity contribution is 0.0695. The minimum Gasteiger partial charge on any atom is -0.491 e. The minimum atomic E-state index is -0.990. The summed E-state index contributed by atoms with van der Waals surface area (Å²) in [6, 6.07) is 21.8. The normalized spacial score (nSPS) is 14.8. The van der Waals surface area contributed by atoms with E-state index in [1.165, 1.54) is 7.11 Å². The van der Waals surface area contributed by atoms with Crippen LogP contribution in [-0.2, 0) is 11.2 Å². The number of carbonyl (C=O) groups excluding carboxylic acids is 1. The van der Waals surface area contributed by atoms with Crippen LogP contribution in [-0.4, -0.2) is 60.4 Å². The first kappa shape index (κ1) is 27.9. The summed E-state index contributed by atoms with van der Waals surface area (Å²) >= 11 is 5.59. The Morgan fingerprint density at radius 2 is 1.62 bits per heavy atom. The summed E-state index contributed by atoms with van der Waals surface area (Å²) in [5, 5.41) is 9.46. The van der Waals surface area contributed by atoms with Crippen LogP contribution < -0.4 is 14.4 Å². The van der Waals surface area contributed by atoms with Crippen molar-refractivity contribution < 1.29 is 28.9 Å². The van der Waals surface area contributed by atoms with Crippen molar-refractivity contribution in [1.82, 2.24) is 4.90 Å². The summed E-state index contributed by atoms with van der Waals surface area (Å²) in [5.74, 6) is 1.06. The van der Waals surface area contributed by atoms with Crippen LogP contribution in [0.4, 0.5) is 10.5 Å². The smallest absolute Gasteiger partial charge is 0.409 e. The lowest BCUT2D eigenvalue weighted by Gasteiger charge is -2.34.